The summed E-state index contributed by atoms with van der Waals surface area (Å²) in [6.07, 6.45) is 4.64. The molecule has 1 aliphatic heterocycles. The summed E-state index contributed by atoms with van der Waals surface area (Å²) >= 11 is 0. The van der Waals surface area contributed by atoms with Crippen LogP contribution in [0.1, 0.15) is 48.0 Å². The zero-order chi connectivity index (χ0) is 17.8. The Labute approximate surface area is 162 Å². The number of benzene rings is 1. The molecule has 2 atom stereocenters. The largest absolute Gasteiger partial charge is 0.341 e. The maximum atomic E-state index is 12.7. The van der Waals surface area contributed by atoms with Crippen LogP contribution in [0.15, 0.2) is 24.3 Å². The Morgan fingerprint density at radius 2 is 1.81 bits per heavy atom. The van der Waals surface area contributed by atoms with Crippen molar-refractivity contribution in [1.29, 1.82) is 0 Å². The van der Waals surface area contributed by atoms with Crippen LogP contribution in [-0.4, -0.2) is 53.8 Å². The molecule has 1 aromatic carbocycles. The van der Waals surface area contributed by atoms with E-state index in [0.29, 0.717) is 32.0 Å². The van der Waals surface area contributed by atoms with Crippen LogP contribution in [0.2, 0.25) is 0 Å². The number of amides is 2. The summed E-state index contributed by atoms with van der Waals surface area (Å²) in [6, 6.07) is 7.88. The molecule has 2 fully saturated rings. The monoisotopic (exact) mass is 379 g/mol. The minimum Gasteiger partial charge on any atom is -0.341 e. The molecule has 1 heterocycles. The van der Waals surface area contributed by atoms with E-state index in [0.717, 1.165) is 43.4 Å². The molecule has 0 bridgehead atoms. The number of nitrogens with two attached hydrogens (primary N) is 1. The molecule has 0 spiro atoms. The highest BCUT2D eigenvalue weighted by Crippen LogP contribution is 2.27. The van der Waals surface area contributed by atoms with E-state index in [-0.39, 0.29) is 30.3 Å². The second-order valence-electron chi connectivity index (χ2n) is 7.45. The Hall–Kier alpha value is -1.59. The summed E-state index contributed by atoms with van der Waals surface area (Å²) in [7, 11) is 0. The van der Waals surface area contributed by atoms with Gasteiger partial charge in [-0.15, -0.1) is 12.4 Å². The fraction of sp³-hybridized carbons (Fsp3) is 0.600. The third-order valence-corrected chi connectivity index (χ3v) is 5.56. The second-order valence-corrected chi connectivity index (χ2v) is 7.45. The molecule has 3 rings (SSSR count). The number of carbonyl (C=O) groups excluding carboxylic acids is 2. The molecule has 2 amide bonds. The lowest BCUT2D eigenvalue weighted by Crippen LogP contribution is -2.39. The van der Waals surface area contributed by atoms with Gasteiger partial charge in [-0.3, -0.25) is 9.59 Å². The Morgan fingerprint density at radius 3 is 2.50 bits per heavy atom. The van der Waals surface area contributed by atoms with Crippen LogP contribution in [0.4, 0.5) is 0 Å². The SMILES string of the molecule is Cc1cccc(C(=O)N2CCCN(C(=O)C[C@@H]3CCC[C@H]3N)CC2)c1.Cl. The molecule has 1 saturated carbocycles. The number of aryl methyl sites for hydroxylation is 1. The maximum absolute atomic E-state index is 12.7. The molecule has 1 saturated heterocycles. The van der Waals surface area contributed by atoms with Crippen LogP contribution in [0, 0.1) is 12.8 Å². The van der Waals surface area contributed by atoms with Gasteiger partial charge in [0.1, 0.15) is 0 Å². The van der Waals surface area contributed by atoms with Gasteiger partial charge in [0.2, 0.25) is 5.91 Å². The normalized spacial score (nSPS) is 23.3. The Balaban J connectivity index is 0.00000243. The first-order valence-electron chi connectivity index (χ1n) is 9.44. The fourth-order valence-electron chi connectivity index (χ4n) is 4.00. The summed E-state index contributed by atoms with van der Waals surface area (Å²) in [6.45, 7) is 4.67. The Morgan fingerprint density at radius 1 is 1.08 bits per heavy atom. The summed E-state index contributed by atoms with van der Waals surface area (Å²) in [5.41, 5.74) is 7.92. The van der Waals surface area contributed by atoms with E-state index in [9.17, 15) is 9.59 Å². The first-order chi connectivity index (χ1) is 12.0. The van der Waals surface area contributed by atoms with Gasteiger partial charge in [0.25, 0.3) is 5.91 Å². The maximum Gasteiger partial charge on any atom is 0.253 e. The molecule has 2 aliphatic rings. The number of halogens is 1. The number of hydrogen-bond acceptors (Lipinski definition) is 3. The van der Waals surface area contributed by atoms with Crippen molar-refractivity contribution in [2.45, 2.75) is 45.1 Å². The van der Waals surface area contributed by atoms with Crippen molar-refractivity contribution in [3.05, 3.63) is 35.4 Å². The van der Waals surface area contributed by atoms with E-state index in [1.54, 1.807) is 0 Å². The molecular formula is C20H30ClN3O2. The van der Waals surface area contributed by atoms with E-state index in [1.807, 2.05) is 41.0 Å². The van der Waals surface area contributed by atoms with Gasteiger partial charge in [0.05, 0.1) is 0 Å². The average Bonchev–Trinajstić information content (AvgIpc) is 2.86. The topological polar surface area (TPSA) is 66.6 Å². The molecule has 5 nitrogen and oxygen atoms in total. The number of rotatable bonds is 3. The zero-order valence-corrected chi connectivity index (χ0v) is 16.3. The second kappa shape index (κ2) is 9.38. The minimum atomic E-state index is 0. The van der Waals surface area contributed by atoms with Gasteiger partial charge >= 0.3 is 0 Å². The molecule has 26 heavy (non-hydrogen) atoms. The summed E-state index contributed by atoms with van der Waals surface area (Å²) in [4.78, 5) is 29.1. The summed E-state index contributed by atoms with van der Waals surface area (Å²) in [5, 5.41) is 0. The van der Waals surface area contributed by atoms with Crippen LogP contribution in [0.25, 0.3) is 0 Å². The van der Waals surface area contributed by atoms with E-state index < -0.39 is 0 Å². The van der Waals surface area contributed by atoms with Gasteiger partial charge in [0, 0.05) is 44.2 Å². The molecule has 2 N–H and O–H groups in total. The zero-order valence-electron chi connectivity index (χ0n) is 15.5. The molecule has 144 valence electrons. The number of nitrogens with zero attached hydrogens (tertiary/aromatic N) is 2. The van der Waals surface area contributed by atoms with Crippen molar-refractivity contribution in [3.8, 4) is 0 Å². The molecule has 0 aromatic heterocycles. The first-order valence-corrected chi connectivity index (χ1v) is 9.44. The predicted molar refractivity (Wildman–Crippen MR) is 105 cm³/mol. The quantitative estimate of drug-likeness (QED) is 0.877. The fourth-order valence-corrected chi connectivity index (χ4v) is 4.00. The third kappa shape index (κ3) is 4.98. The minimum absolute atomic E-state index is 0. The lowest BCUT2D eigenvalue weighted by molar-refractivity contribution is -0.132. The van der Waals surface area contributed by atoms with Crippen LogP contribution in [0.5, 0.6) is 0 Å². The Bertz CT molecular complexity index is 637. The molecule has 0 radical (unpaired) electrons. The van der Waals surface area contributed by atoms with E-state index in [1.165, 1.54) is 0 Å². The first kappa shape index (κ1) is 20.7. The highest BCUT2D eigenvalue weighted by atomic mass is 35.5. The van der Waals surface area contributed by atoms with Gasteiger partial charge < -0.3 is 15.5 Å². The smallest absolute Gasteiger partial charge is 0.253 e. The van der Waals surface area contributed by atoms with Gasteiger partial charge in [0.15, 0.2) is 0 Å². The molecule has 0 unspecified atom stereocenters. The highest BCUT2D eigenvalue weighted by molar-refractivity contribution is 5.94. The molecular weight excluding hydrogens is 350 g/mol. The van der Waals surface area contributed by atoms with Gasteiger partial charge in [-0.1, -0.05) is 24.1 Å². The van der Waals surface area contributed by atoms with Gasteiger partial charge in [-0.05, 0) is 44.2 Å². The number of carbonyl (C=O) groups is 2. The Kier molecular flexibility index (Phi) is 7.47. The average molecular weight is 380 g/mol. The van der Waals surface area contributed by atoms with Gasteiger partial charge in [-0.25, -0.2) is 0 Å². The van der Waals surface area contributed by atoms with Crippen LogP contribution >= 0.6 is 12.4 Å². The van der Waals surface area contributed by atoms with Crippen LogP contribution in [0.3, 0.4) is 0 Å². The van der Waals surface area contributed by atoms with Crippen molar-refractivity contribution in [1.82, 2.24) is 9.80 Å². The molecule has 1 aliphatic carbocycles. The van der Waals surface area contributed by atoms with Crippen molar-refractivity contribution in [2.75, 3.05) is 26.2 Å². The molecule has 6 heteroatoms. The standard InChI is InChI=1S/C20H29N3O2.ClH/c1-15-5-2-7-17(13-15)20(25)23-10-4-9-22(11-12-23)19(24)14-16-6-3-8-18(16)21;/h2,5,7,13,16,18H,3-4,6,8-12,14,21H2,1H3;1H/t16-,18+;/m0./s1. The molecule has 1 aromatic rings. The third-order valence-electron chi connectivity index (χ3n) is 5.56. The van der Waals surface area contributed by atoms with Crippen LogP contribution < -0.4 is 5.73 Å². The van der Waals surface area contributed by atoms with Crippen molar-refractivity contribution in [2.24, 2.45) is 11.7 Å². The summed E-state index contributed by atoms with van der Waals surface area (Å²) in [5.74, 6) is 0.601. The van der Waals surface area contributed by atoms with Gasteiger partial charge in [-0.2, -0.15) is 0 Å². The lowest BCUT2D eigenvalue weighted by atomic mass is 9.99. The van der Waals surface area contributed by atoms with E-state index >= 15 is 0 Å². The van der Waals surface area contributed by atoms with E-state index in [4.69, 9.17) is 5.73 Å². The predicted octanol–water partition coefficient (Wildman–Crippen LogP) is 2.61. The van der Waals surface area contributed by atoms with Crippen LogP contribution in [-0.2, 0) is 4.79 Å². The van der Waals surface area contributed by atoms with Crippen molar-refractivity contribution < 1.29 is 9.59 Å². The lowest BCUT2D eigenvalue weighted by Gasteiger charge is -2.24. The van der Waals surface area contributed by atoms with Crippen molar-refractivity contribution >= 4 is 24.2 Å². The number of hydrogen-bond donors (Lipinski definition) is 1. The van der Waals surface area contributed by atoms with Crippen molar-refractivity contribution in [3.63, 3.8) is 0 Å². The van der Waals surface area contributed by atoms with E-state index in [2.05, 4.69) is 0 Å². The summed E-state index contributed by atoms with van der Waals surface area (Å²) < 4.78 is 0. The highest BCUT2D eigenvalue weighted by Gasteiger charge is 2.29.